The number of hydrogen-bond donors (Lipinski definition) is 1. The summed E-state index contributed by atoms with van der Waals surface area (Å²) in [6, 6.07) is 32.5. The van der Waals surface area contributed by atoms with Crippen LogP contribution in [0.5, 0.6) is 0 Å². The maximum absolute atomic E-state index is 4.89. The van der Waals surface area contributed by atoms with E-state index in [2.05, 4.69) is 54.7 Å². The van der Waals surface area contributed by atoms with Crippen LogP contribution >= 0.6 is 0 Å². The maximum atomic E-state index is 4.89. The van der Waals surface area contributed by atoms with Gasteiger partial charge < -0.3 is 5.32 Å². The summed E-state index contributed by atoms with van der Waals surface area (Å²) in [5, 5.41) is 3.22. The number of nitrogens with one attached hydrogen (secondary N) is 1. The molecule has 0 spiro atoms. The zero-order valence-electron chi connectivity index (χ0n) is 22.5. The van der Waals surface area contributed by atoms with Crippen molar-refractivity contribution in [2.45, 2.75) is 20.3 Å². The number of aromatic nitrogens is 4. The first-order valence-corrected chi connectivity index (χ1v) is 13.2. The number of benzene rings is 3. The van der Waals surface area contributed by atoms with Crippen molar-refractivity contribution in [3.05, 3.63) is 121 Å². The number of nitrogens with zero attached hydrogens (tertiary/aromatic N) is 4. The SMILES string of the molecule is C/C=C\C(=C/CC)c1cc(NC)nc(-c2cccc(-c3nc(-c4ccccc4)nc(-c4ccccc4)n3)c2)c1. The Morgan fingerprint density at radius 1 is 0.667 bits per heavy atom. The fourth-order valence-electron chi connectivity index (χ4n) is 4.41. The molecule has 5 aromatic rings. The predicted octanol–water partition coefficient (Wildman–Crippen LogP) is 8.35. The molecule has 5 nitrogen and oxygen atoms in total. The van der Waals surface area contributed by atoms with E-state index >= 15 is 0 Å². The smallest absolute Gasteiger partial charge is 0.164 e. The third kappa shape index (κ3) is 5.99. The van der Waals surface area contributed by atoms with Gasteiger partial charge in [-0.25, -0.2) is 19.9 Å². The molecule has 5 rings (SSSR count). The molecule has 2 heterocycles. The molecule has 0 fully saturated rings. The zero-order chi connectivity index (χ0) is 27.0. The Hall–Kier alpha value is -4.90. The first-order chi connectivity index (χ1) is 19.2. The van der Waals surface area contributed by atoms with Gasteiger partial charge in [-0.1, -0.05) is 104 Å². The monoisotopic (exact) mass is 509 g/mol. The van der Waals surface area contributed by atoms with Crippen molar-refractivity contribution in [2.24, 2.45) is 0 Å². The van der Waals surface area contributed by atoms with Crippen LogP contribution in [0.25, 0.3) is 51.0 Å². The van der Waals surface area contributed by atoms with Crippen LogP contribution in [0.3, 0.4) is 0 Å². The highest BCUT2D eigenvalue weighted by Crippen LogP contribution is 2.30. The molecule has 0 saturated heterocycles. The Bertz CT molecular complexity index is 1570. The minimum atomic E-state index is 0.620. The fourth-order valence-corrected chi connectivity index (χ4v) is 4.41. The van der Waals surface area contributed by atoms with Gasteiger partial charge in [0.1, 0.15) is 5.82 Å². The summed E-state index contributed by atoms with van der Waals surface area (Å²) in [6.45, 7) is 4.19. The summed E-state index contributed by atoms with van der Waals surface area (Å²) in [6.07, 6.45) is 7.39. The largest absolute Gasteiger partial charge is 0.373 e. The van der Waals surface area contributed by atoms with Crippen molar-refractivity contribution in [3.8, 4) is 45.4 Å². The second-order valence-corrected chi connectivity index (χ2v) is 9.06. The summed E-state index contributed by atoms with van der Waals surface area (Å²) < 4.78 is 0. The van der Waals surface area contributed by atoms with Gasteiger partial charge in [-0.05, 0) is 42.7 Å². The lowest BCUT2D eigenvalue weighted by Crippen LogP contribution is -2.00. The molecule has 5 heteroatoms. The lowest BCUT2D eigenvalue weighted by atomic mass is 10.0. The van der Waals surface area contributed by atoms with Gasteiger partial charge in [-0.2, -0.15) is 0 Å². The lowest BCUT2D eigenvalue weighted by molar-refractivity contribution is 1.07. The molecule has 0 bridgehead atoms. The minimum Gasteiger partial charge on any atom is -0.373 e. The van der Waals surface area contributed by atoms with Gasteiger partial charge in [0.15, 0.2) is 17.5 Å². The van der Waals surface area contributed by atoms with Crippen molar-refractivity contribution in [1.82, 2.24) is 19.9 Å². The van der Waals surface area contributed by atoms with E-state index in [0.717, 1.165) is 45.7 Å². The highest BCUT2D eigenvalue weighted by atomic mass is 15.0. The third-order valence-electron chi connectivity index (χ3n) is 6.30. The van der Waals surface area contributed by atoms with Crippen LogP contribution in [0, 0.1) is 0 Å². The van der Waals surface area contributed by atoms with Gasteiger partial charge >= 0.3 is 0 Å². The number of pyridine rings is 1. The lowest BCUT2D eigenvalue weighted by Gasteiger charge is -2.12. The van der Waals surface area contributed by atoms with E-state index < -0.39 is 0 Å². The Morgan fingerprint density at radius 3 is 1.79 bits per heavy atom. The van der Waals surface area contributed by atoms with E-state index in [1.54, 1.807) is 0 Å². The van der Waals surface area contributed by atoms with Crippen LogP contribution in [0.2, 0.25) is 0 Å². The van der Waals surface area contributed by atoms with Gasteiger partial charge in [-0.15, -0.1) is 0 Å². The van der Waals surface area contributed by atoms with Gasteiger partial charge in [0, 0.05) is 29.3 Å². The normalized spacial score (nSPS) is 11.6. The predicted molar refractivity (Wildman–Crippen MR) is 162 cm³/mol. The summed E-state index contributed by atoms with van der Waals surface area (Å²) >= 11 is 0. The van der Waals surface area contributed by atoms with E-state index in [1.165, 1.54) is 5.57 Å². The van der Waals surface area contributed by atoms with Crippen LogP contribution in [0.1, 0.15) is 25.8 Å². The van der Waals surface area contributed by atoms with E-state index in [9.17, 15) is 0 Å². The molecular formula is C34H31N5. The Labute approximate surface area is 230 Å². The number of rotatable bonds is 8. The maximum Gasteiger partial charge on any atom is 0.164 e. The van der Waals surface area contributed by atoms with Crippen LogP contribution in [-0.2, 0) is 0 Å². The first kappa shape index (κ1) is 25.7. The Balaban J connectivity index is 1.63. The number of allylic oxidation sites excluding steroid dienone is 4. The summed E-state index contributed by atoms with van der Waals surface area (Å²) in [5.41, 5.74) is 6.96. The molecule has 0 saturated carbocycles. The van der Waals surface area contributed by atoms with Gasteiger partial charge in [0.2, 0.25) is 0 Å². The second kappa shape index (κ2) is 12.1. The van der Waals surface area contributed by atoms with Gasteiger partial charge in [0.05, 0.1) is 5.69 Å². The summed E-state index contributed by atoms with van der Waals surface area (Å²) in [5.74, 6) is 2.72. The van der Waals surface area contributed by atoms with Crippen molar-refractivity contribution >= 4 is 11.4 Å². The topological polar surface area (TPSA) is 63.6 Å². The van der Waals surface area contributed by atoms with Crippen LogP contribution in [0.4, 0.5) is 5.82 Å². The van der Waals surface area contributed by atoms with Gasteiger partial charge in [-0.3, -0.25) is 0 Å². The Morgan fingerprint density at radius 2 is 1.23 bits per heavy atom. The van der Waals surface area contributed by atoms with E-state index in [4.69, 9.17) is 19.9 Å². The molecular weight excluding hydrogens is 478 g/mol. The summed E-state index contributed by atoms with van der Waals surface area (Å²) in [7, 11) is 1.90. The zero-order valence-corrected chi connectivity index (χ0v) is 22.5. The molecule has 3 aromatic carbocycles. The molecule has 192 valence electrons. The second-order valence-electron chi connectivity index (χ2n) is 9.06. The van der Waals surface area contributed by atoms with E-state index in [0.29, 0.717) is 17.5 Å². The number of anilines is 1. The average Bonchev–Trinajstić information content (AvgIpc) is 3.01. The van der Waals surface area contributed by atoms with Crippen molar-refractivity contribution < 1.29 is 0 Å². The molecule has 0 atom stereocenters. The average molecular weight is 510 g/mol. The van der Waals surface area contributed by atoms with Crippen molar-refractivity contribution in [3.63, 3.8) is 0 Å². The summed E-state index contributed by atoms with van der Waals surface area (Å²) in [4.78, 5) is 19.5. The molecule has 0 amide bonds. The molecule has 0 aliphatic carbocycles. The highest BCUT2D eigenvalue weighted by molar-refractivity contribution is 5.79. The molecule has 0 radical (unpaired) electrons. The van der Waals surface area contributed by atoms with Crippen molar-refractivity contribution in [2.75, 3.05) is 12.4 Å². The number of hydrogen-bond acceptors (Lipinski definition) is 5. The molecule has 0 aliphatic heterocycles. The van der Waals surface area contributed by atoms with Crippen LogP contribution in [0.15, 0.2) is 115 Å². The Kier molecular flexibility index (Phi) is 7.98. The standard InChI is InChI=1S/C34H31N5/c1-4-13-24(14-5-2)29-22-30(36-31(23-29)35-3)27-19-12-20-28(21-27)34-38-32(25-15-8-6-9-16-25)37-33(39-34)26-17-10-7-11-18-26/h4,6-23H,5H2,1-3H3,(H,35,36)/b13-4-,24-14+. The highest BCUT2D eigenvalue weighted by Gasteiger charge is 2.14. The van der Waals surface area contributed by atoms with Gasteiger partial charge in [0.25, 0.3) is 0 Å². The molecule has 0 aliphatic rings. The molecule has 2 aromatic heterocycles. The van der Waals surface area contributed by atoms with E-state index in [1.807, 2.05) is 86.8 Å². The molecule has 1 N–H and O–H groups in total. The fraction of sp³-hybridized carbons (Fsp3) is 0.118. The quantitative estimate of drug-likeness (QED) is 0.213. The van der Waals surface area contributed by atoms with Crippen LogP contribution < -0.4 is 5.32 Å². The third-order valence-corrected chi connectivity index (χ3v) is 6.30. The van der Waals surface area contributed by atoms with Crippen molar-refractivity contribution in [1.29, 1.82) is 0 Å². The van der Waals surface area contributed by atoms with E-state index in [-0.39, 0.29) is 0 Å². The van der Waals surface area contributed by atoms with Crippen LogP contribution in [-0.4, -0.2) is 27.0 Å². The minimum absolute atomic E-state index is 0.620. The molecule has 39 heavy (non-hydrogen) atoms. The molecule has 0 unspecified atom stereocenters. The first-order valence-electron chi connectivity index (χ1n) is 13.2.